The number of fused-ring (bicyclic) bond motifs is 2. The fourth-order valence-electron chi connectivity index (χ4n) is 3.20. The highest BCUT2D eigenvalue weighted by Gasteiger charge is 2.16. The lowest BCUT2D eigenvalue weighted by Gasteiger charge is -2.05. The smallest absolute Gasteiger partial charge is 0.231 e. The largest absolute Gasteiger partial charge is 0.481 e. The SMILES string of the molecule is COc1cc(-c2noc(Cc3c[nH]c4ncccc34)n2)c2ccccc2n1. The van der Waals surface area contributed by atoms with Gasteiger partial charge >= 0.3 is 0 Å². The molecule has 1 aromatic carbocycles. The average molecular weight is 357 g/mol. The zero-order chi connectivity index (χ0) is 18.2. The van der Waals surface area contributed by atoms with Crippen molar-refractivity contribution < 1.29 is 9.26 Å². The zero-order valence-electron chi connectivity index (χ0n) is 14.5. The zero-order valence-corrected chi connectivity index (χ0v) is 14.5. The van der Waals surface area contributed by atoms with Crippen molar-refractivity contribution in [1.29, 1.82) is 0 Å². The first-order valence-electron chi connectivity index (χ1n) is 8.49. The van der Waals surface area contributed by atoms with Crippen molar-refractivity contribution in [2.45, 2.75) is 6.42 Å². The third-order valence-electron chi connectivity index (χ3n) is 4.49. The topological polar surface area (TPSA) is 89.7 Å². The number of H-pyrrole nitrogens is 1. The maximum atomic E-state index is 5.51. The normalized spacial score (nSPS) is 11.3. The van der Waals surface area contributed by atoms with Crippen LogP contribution in [0, 0.1) is 0 Å². The molecule has 0 aliphatic carbocycles. The molecule has 4 heterocycles. The predicted molar refractivity (Wildman–Crippen MR) is 100 cm³/mol. The molecule has 7 nitrogen and oxygen atoms in total. The molecule has 0 saturated heterocycles. The second kappa shape index (κ2) is 6.21. The minimum absolute atomic E-state index is 0.512. The molecule has 0 aliphatic rings. The lowest BCUT2D eigenvalue weighted by molar-refractivity contribution is 0.386. The van der Waals surface area contributed by atoms with Crippen LogP contribution in [0.15, 0.2) is 59.4 Å². The molecule has 7 heteroatoms. The lowest BCUT2D eigenvalue weighted by Crippen LogP contribution is -1.92. The molecule has 4 aromatic heterocycles. The molecule has 0 fully saturated rings. The Morgan fingerprint density at radius 2 is 1.96 bits per heavy atom. The third-order valence-corrected chi connectivity index (χ3v) is 4.49. The molecule has 0 saturated carbocycles. The standard InChI is InChI=1S/C20H15N5O2/c1-26-17-10-15(14-5-2-3-7-16(14)23-17)20-24-18(27-25-20)9-12-11-22-19-13(12)6-4-8-21-19/h2-8,10-11H,9H2,1H3,(H,21,22). The summed E-state index contributed by atoms with van der Waals surface area (Å²) in [5.41, 5.74) is 3.55. The van der Waals surface area contributed by atoms with Gasteiger partial charge in [-0.25, -0.2) is 9.97 Å². The first kappa shape index (κ1) is 15.5. The van der Waals surface area contributed by atoms with Gasteiger partial charge in [0.15, 0.2) is 0 Å². The second-order valence-corrected chi connectivity index (χ2v) is 6.13. The van der Waals surface area contributed by atoms with E-state index in [1.54, 1.807) is 13.3 Å². The Bertz CT molecular complexity index is 1260. The fourth-order valence-corrected chi connectivity index (χ4v) is 3.20. The molecule has 0 unspecified atom stereocenters. The van der Waals surface area contributed by atoms with E-state index in [0.717, 1.165) is 33.1 Å². The van der Waals surface area contributed by atoms with E-state index in [9.17, 15) is 0 Å². The van der Waals surface area contributed by atoms with E-state index >= 15 is 0 Å². The Balaban J connectivity index is 1.55. The number of rotatable bonds is 4. The number of hydrogen-bond donors (Lipinski definition) is 1. The molecule has 0 atom stereocenters. The van der Waals surface area contributed by atoms with Gasteiger partial charge < -0.3 is 14.2 Å². The van der Waals surface area contributed by atoms with Gasteiger partial charge in [-0.15, -0.1) is 0 Å². The number of aromatic nitrogens is 5. The maximum absolute atomic E-state index is 5.51. The van der Waals surface area contributed by atoms with Crippen molar-refractivity contribution in [3.63, 3.8) is 0 Å². The molecular weight excluding hydrogens is 342 g/mol. The van der Waals surface area contributed by atoms with Crippen molar-refractivity contribution >= 4 is 21.9 Å². The molecule has 0 aliphatic heterocycles. The van der Waals surface area contributed by atoms with Crippen LogP contribution < -0.4 is 4.74 Å². The van der Waals surface area contributed by atoms with Crippen LogP contribution in [0.2, 0.25) is 0 Å². The Morgan fingerprint density at radius 3 is 2.89 bits per heavy atom. The van der Waals surface area contributed by atoms with Crippen molar-refractivity contribution in [2.75, 3.05) is 7.11 Å². The molecule has 0 spiro atoms. The van der Waals surface area contributed by atoms with Crippen LogP contribution >= 0.6 is 0 Å². The van der Waals surface area contributed by atoms with E-state index < -0.39 is 0 Å². The molecule has 1 N–H and O–H groups in total. The number of nitrogens with zero attached hydrogens (tertiary/aromatic N) is 4. The number of methoxy groups -OCH3 is 1. The molecule has 0 bridgehead atoms. The van der Waals surface area contributed by atoms with Crippen LogP contribution in [-0.4, -0.2) is 32.2 Å². The van der Waals surface area contributed by atoms with Gasteiger partial charge in [0.1, 0.15) is 5.65 Å². The summed E-state index contributed by atoms with van der Waals surface area (Å²) in [6, 6.07) is 13.6. The lowest BCUT2D eigenvalue weighted by atomic mass is 10.1. The van der Waals surface area contributed by atoms with Crippen molar-refractivity contribution in [3.8, 4) is 17.3 Å². The first-order valence-corrected chi connectivity index (χ1v) is 8.49. The highest BCUT2D eigenvalue weighted by molar-refractivity contribution is 5.93. The van der Waals surface area contributed by atoms with Crippen LogP contribution in [0.25, 0.3) is 33.3 Å². The Hall–Kier alpha value is -3.74. The predicted octanol–water partition coefficient (Wildman–Crippen LogP) is 3.76. The minimum Gasteiger partial charge on any atom is -0.481 e. The quantitative estimate of drug-likeness (QED) is 0.527. The number of hydrogen-bond acceptors (Lipinski definition) is 6. The van der Waals surface area contributed by atoms with Gasteiger partial charge in [-0.1, -0.05) is 23.4 Å². The number of aromatic amines is 1. The summed E-state index contributed by atoms with van der Waals surface area (Å²) >= 11 is 0. The van der Waals surface area contributed by atoms with Crippen LogP contribution in [0.5, 0.6) is 5.88 Å². The molecule has 0 amide bonds. The van der Waals surface area contributed by atoms with E-state index in [2.05, 4.69) is 25.1 Å². The Morgan fingerprint density at radius 1 is 1.07 bits per heavy atom. The molecule has 132 valence electrons. The molecule has 27 heavy (non-hydrogen) atoms. The van der Waals surface area contributed by atoms with Crippen LogP contribution in [-0.2, 0) is 6.42 Å². The van der Waals surface area contributed by atoms with E-state index in [1.807, 2.05) is 48.7 Å². The third kappa shape index (κ3) is 2.69. The molecule has 5 rings (SSSR count). The first-order chi connectivity index (χ1) is 13.3. The van der Waals surface area contributed by atoms with Gasteiger partial charge in [0, 0.05) is 34.8 Å². The Labute approximate surface area is 154 Å². The van der Waals surface area contributed by atoms with Crippen LogP contribution in [0.3, 0.4) is 0 Å². The summed E-state index contributed by atoms with van der Waals surface area (Å²) in [7, 11) is 1.59. The van der Waals surface area contributed by atoms with Gasteiger partial charge in [-0.2, -0.15) is 4.98 Å². The summed E-state index contributed by atoms with van der Waals surface area (Å²) in [6.45, 7) is 0. The number of nitrogens with one attached hydrogen (secondary N) is 1. The van der Waals surface area contributed by atoms with E-state index in [0.29, 0.717) is 24.0 Å². The van der Waals surface area contributed by atoms with Crippen LogP contribution in [0.1, 0.15) is 11.5 Å². The highest BCUT2D eigenvalue weighted by atomic mass is 16.5. The average Bonchev–Trinajstić information content (AvgIpc) is 3.35. The summed E-state index contributed by atoms with van der Waals surface area (Å²) in [6.07, 6.45) is 4.21. The van der Waals surface area contributed by atoms with E-state index in [4.69, 9.17) is 9.26 Å². The van der Waals surface area contributed by atoms with Gasteiger partial charge in [0.2, 0.25) is 17.6 Å². The Kier molecular flexibility index (Phi) is 3.57. The molecule has 0 radical (unpaired) electrons. The number of para-hydroxylation sites is 1. The minimum atomic E-state index is 0.512. The fraction of sp³-hybridized carbons (Fsp3) is 0.100. The number of pyridine rings is 2. The monoisotopic (exact) mass is 357 g/mol. The molecule has 5 aromatic rings. The number of ether oxygens (including phenoxy) is 1. The van der Waals surface area contributed by atoms with Gasteiger partial charge in [0.25, 0.3) is 0 Å². The summed E-state index contributed by atoms with van der Waals surface area (Å²) < 4.78 is 10.8. The van der Waals surface area contributed by atoms with Crippen LogP contribution in [0.4, 0.5) is 0 Å². The number of benzene rings is 1. The summed E-state index contributed by atoms with van der Waals surface area (Å²) in [5.74, 6) is 1.56. The van der Waals surface area contributed by atoms with E-state index in [1.165, 1.54) is 0 Å². The summed E-state index contributed by atoms with van der Waals surface area (Å²) in [5, 5.41) is 6.17. The maximum Gasteiger partial charge on any atom is 0.231 e. The van der Waals surface area contributed by atoms with Crippen molar-refractivity contribution in [2.24, 2.45) is 0 Å². The van der Waals surface area contributed by atoms with Crippen molar-refractivity contribution in [1.82, 2.24) is 25.1 Å². The summed E-state index contributed by atoms with van der Waals surface area (Å²) in [4.78, 5) is 16.5. The van der Waals surface area contributed by atoms with E-state index in [-0.39, 0.29) is 0 Å². The molecular formula is C20H15N5O2. The van der Waals surface area contributed by atoms with Crippen molar-refractivity contribution in [3.05, 3.63) is 66.3 Å². The van der Waals surface area contributed by atoms with Gasteiger partial charge in [0.05, 0.1) is 19.0 Å². The van der Waals surface area contributed by atoms with Gasteiger partial charge in [-0.3, -0.25) is 0 Å². The highest BCUT2D eigenvalue weighted by Crippen LogP contribution is 2.29. The van der Waals surface area contributed by atoms with Gasteiger partial charge in [-0.05, 0) is 23.8 Å². The second-order valence-electron chi connectivity index (χ2n) is 6.13.